The van der Waals surface area contributed by atoms with E-state index >= 15 is 0 Å². The van der Waals surface area contributed by atoms with Crippen molar-refractivity contribution in [2.24, 2.45) is 0 Å². The van der Waals surface area contributed by atoms with Crippen LogP contribution in [0.5, 0.6) is 0 Å². The Kier molecular flexibility index (Phi) is 8.96. The van der Waals surface area contributed by atoms with Gasteiger partial charge >= 0.3 is 5.97 Å². The lowest BCUT2D eigenvalue weighted by Gasteiger charge is -2.18. The largest absolute Gasteiger partial charge is 0.451 e. The third-order valence-electron chi connectivity index (χ3n) is 4.34. The van der Waals surface area contributed by atoms with Crippen LogP contribution in [-0.2, 0) is 24.3 Å². The second-order valence-electron chi connectivity index (χ2n) is 6.46. The molecule has 0 heterocycles. The average Bonchev–Trinajstić information content (AvgIpc) is 2.78. The van der Waals surface area contributed by atoms with Gasteiger partial charge in [-0.2, -0.15) is 9.57 Å². The van der Waals surface area contributed by atoms with E-state index in [1.165, 1.54) is 34.6 Å². The summed E-state index contributed by atoms with van der Waals surface area (Å²) in [4.78, 5) is 24.3. The van der Waals surface area contributed by atoms with Crippen molar-refractivity contribution in [3.8, 4) is 6.07 Å². The van der Waals surface area contributed by atoms with Crippen molar-refractivity contribution < 1.29 is 22.7 Å². The summed E-state index contributed by atoms with van der Waals surface area (Å²) in [6.07, 6.45) is 1.33. The van der Waals surface area contributed by atoms with Crippen molar-refractivity contribution in [1.82, 2.24) is 4.31 Å². The van der Waals surface area contributed by atoms with Crippen LogP contribution >= 0.6 is 11.6 Å². The molecular formula is C22H22ClN3O5S. The van der Waals surface area contributed by atoms with Gasteiger partial charge in [-0.05, 0) is 48.0 Å². The van der Waals surface area contributed by atoms with E-state index in [2.05, 4.69) is 5.32 Å². The second kappa shape index (κ2) is 11.4. The van der Waals surface area contributed by atoms with Crippen LogP contribution in [-0.4, -0.2) is 44.3 Å². The number of carbonyl (C=O) groups excluding carboxylic acids is 2. The number of nitriles is 1. The molecule has 0 unspecified atom stereocenters. The molecule has 0 aliphatic rings. The summed E-state index contributed by atoms with van der Waals surface area (Å²) in [5.74, 6) is -1.58. The highest BCUT2D eigenvalue weighted by atomic mass is 35.5. The van der Waals surface area contributed by atoms with Crippen LogP contribution in [0.25, 0.3) is 6.08 Å². The number of rotatable bonds is 9. The normalized spacial score (nSPS) is 11.7. The first kappa shape index (κ1) is 25.1. The molecule has 1 N–H and O–H groups in total. The molecule has 0 saturated carbocycles. The van der Waals surface area contributed by atoms with Crippen LogP contribution in [0.15, 0.2) is 59.0 Å². The molecule has 0 bridgehead atoms. The summed E-state index contributed by atoms with van der Waals surface area (Å²) in [6, 6.07) is 13.9. The van der Waals surface area contributed by atoms with Crippen LogP contribution < -0.4 is 5.32 Å². The zero-order valence-electron chi connectivity index (χ0n) is 17.5. The maximum atomic E-state index is 12.5. The van der Waals surface area contributed by atoms with Crippen molar-refractivity contribution in [3.63, 3.8) is 0 Å². The van der Waals surface area contributed by atoms with Crippen molar-refractivity contribution in [3.05, 3.63) is 64.7 Å². The molecule has 0 spiro atoms. The highest BCUT2D eigenvalue weighted by Gasteiger charge is 2.21. The maximum absolute atomic E-state index is 12.5. The Labute approximate surface area is 192 Å². The average molecular weight is 476 g/mol. The monoisotopic (exact) mass is 475 g/mol. The van der Waals surface area contributed by atoms with Gasteiger partial charge in [0, 0.05) is 23.8 Å². The molecule has 32 heavy (non-hydrogen) atoms. The fraction of sp³-hybridized carbons (Fsp3) is 0.227. The Bertz CT molecular complexity index is 1130. The SMILES string of the molecule is CCN(CC)S(=O)(=O)c1ccc(NC(=O)COC(=O)/C(C#N)=C\c2ccc(Cl)cc2)cc1. The van der Waals surface area contributed by atoms with Crippen LogP contribution in [0.4, 0.5) is 5.69 Å². The number of hydrogen-bond donors (Lipinski definition) is 1. The number of esters is 1. The van der Waals surface area contributed by atoms with Gasteiger partial charge in [-0.1, -0.05) is 37.6 Å². The Morgan fingerprint density at radius 3 is 2.22 bits per heavy atom. The van der Waals surface area contributed by atoms with E-state index in [1.807, 2.05) is 0 Å². The van der Waals surface area contributed by atoms with Gasteiger partial charge < -0.3 is 10.1 Å². The number of nitrogens with one attached hydrogen (secondary N) is 1. The highest BCUT2D eigenvalue weighted by molar-refractivity contribution is 7.89. The van der Waals surface area contributed by atoms with Crippen molar-refractivity contribution in [2.75, 3.05) is 25.0 Å². The number of hydrogen-bond acceptors (Lipinski definition) is 6. The van der Waals surface area contributed by atoms with Gasteiger partial charge in [-0.25, -0.2) is 13.2 Å². The third-order valence-corrected chi connectivity index (χ3v) is 6.65. The lowest BCUT2D eigenvalue weighted by atomic mass is 10.1. The van der Waals surface area contributed by atoms with Gasteiger partial charge in [-0.15, -0.1) is 0 Å². The molecule has 0 aliphatic carbocycles. The number of benzene rings is 2. The van der Waals surface area contributed by atoms with Gasteiger partial charge in [0.2, 0.25) is 10.0 Å². The van der Waals surface area contributed by atoms with Gasteiger partial charge in [0.25, 0.3) is 5.91 Å². The van der Waals surface area contributed by atoms with E-state index in [1.54, 1.807) is 44.2 Å². The maximum Gasteiger partial charge on any atom is 0.349 e. The Morgan fingerprint density at radius 1 is 1.09 bits per heavy atom. The Balaban J connectivity index is 1.97. The summed E-state index contributed by atoms with van der Waals surface area (Å²) in [5.41, 5.74) is 0.639. The molecule has 168 valence electrons. The molecule has 2 rings (SSSR count). The van der Waals surface area contributed by atoms with Crippen LogP contribution in [0.3, 0.4) is 0 Å². The molecule has 0 aliphatic heterocycles. The predicted molar refractivity (Wildman–Crippen MR) is 121 cm³/mol. The molecule has 0 atom stereocenters. The van der Waals surface area contributed by atoms with E-state index in [-0.39, 0.29) is 10.5 Å². The third kappa shape index (κ3) is 6.65. The van der Waals surface area contributed by atoms with Crippen molar-refractivity contribution in [1.29, 1.82) is 5.26 Å². The minimum Gasteiger partial charge on any atom is -0.451 e. The zero-order chi connectivity index (χ0) is 23.7. The minimum absolute atomic E-state index is 0.108. The molecule has 0 fully saturated rings. The number of sulfonamides is 1. The molecular weight excluding hydrogens is 454 g/mol. The van der Waals surface area contributed by atoms with E-state index in [9.17, 15) is 23.3 Å². The second-order valence-corrected chi connectivity index (χ2v) is 8.83. The topological polar surface area (TPSA) is 117 Å². The first-order chi connectivity index (χ1) is 15.2. The molecule has 10 heteroatoms. The van der Waals surface area contributed by atoms with E-state index in [0.717, 1.165) is 0 Å². The summed E-state index contributed by atoms with van der Waals surface area (Å²) >= 11 is 5.80. The Hall–Kier alpha value is -3.19. The van der Waals surface area contributed by atoms with Crippen molar-refractivity contribution in [2.45, 2.75) is 18.7 Å². The summed E-state index contributed by atoms with van der Waals surface area (Å²) in [5, 5.41) is 12.2. The van der Waals surface area contributed by atoms with Gasteiger partial charge in [-0.3, -0.25) is 4.79 Å². The van der Waals surface area contributed by atoms with Gasteiger partial charge in [0.1, 0.15) is 11.6 Å². The molecule has 0 radical (unpaired) electrons. The van der Waals surface area contributed by atoms with Crippen LogP contribution in [0.1, 0.15) is 19.4 Å². The summed E-state index contributed by atoms with van der Waals surface area (Å²) in [7, 11) is -3.60. The molecule has 2 aromatic carbocycles. The van der Waals surface area contributed by atoms with Crippen LogP contribution in [0, 0.1) is 11.3 Å². The number of nitrogens with zero attached hydrogens (tertiary/aromatic N) is 2. The summed E-state index contributed by atoms with van der Waals surface area (Å²) in [6.45, 7) is 3.58. The zero-order valence-corrected chi connectivity index (χ0v) is 19.1. The van der Waals surface area contributed by atoms with Gasteiger partial charge in [0.05, 0.1) is 4.90 Å². The number of ether oxygens (including phenoxy) is 1. The standard InChI is InChI=1S/C22H22ClN3O5S/c1-3-26(4-2)32(29,30)20-11-9-19(10-12-20)25-21(27)15-31-22(28)17(14-24)13-16-5-7-18(23)8-6-16/h5-13H,3-4,15H2,1-2H3,(H,25,27)/b17-13-. The number of amides is 1. The lowest BCUT2D eigenvalue weighted by molar-refractivity contribution is -0.142. The fourth-order valence-electron chi connectivity index (χ4n) is 2.69. The summed E-state index contributed by atoms with van der Waals surface area (Å²) < 4.78 is 31.2. The molecule has 8 nitrogen and oxygen atoms in total. The van der Waals surface area contributed by atoms with Crippen LogP contribution in [0.2, 0.25) is 5.02 Å². The first-order valence-corrected chi connectivity index (χ1v) is 11.5. The smallest absolute Gasteiger partial charge is 0.349 e. The van der Waals surface area contributed by atoms with Crippen molar-refractivity contribution >= 4 is 45.3 Å². The van der Waals surface area contributed by atoms with Gasteiger partial charge in [0.15, 0.2) is 6.61 Å². The quantitative estimate of drug-likeness (QED) is 0.337. The lowest BCUT2D eigenvalue weighted by Crippen LogP contribution is -2.30. The number of halogens is 1. The number of anilines is 1. The molecule has 0 aromatic heterocycles. The first-order valence-electron chi connectivity index (χ1n) is 9.65. The fourth-order valence-corrected chi connectivity index (χ4v) is 4.28. The highest BCUT2D eigenvalue weighted by Crippen LogP contribution is 2.18. The molecule has 2 aromatic rings. The minimum atomic E-state index is -3.60. The van der Waals surface area contributed by atoms with E-state index in [0.29, 0.717) is 29.4 Å². The Morgan fingerprint density at radius 2 is 1.69 bits per heavy atom. The molecule has 1 amide bonds. The van der Waals surface area contributed by atoms with E-state index in [4.69, 9.17) is 16.3 Å². The number of carbonyl (C=O) groups is 2. The predicted octanol–water partition coefficient (Wildman–Crippen LogP) is 3.46. The van der Waals surface area contributed by atoms with E-state index < -0.39 is 28.5 Å². The molecule has 0 saturated heterocycles.